The lowest BCUT2D eigenvalue weighted by Crippen LogP contribution is -2.43. The molecule has 0 bridgehead atoms. The summed E-state index contributed by atoms with van der Waals surface area (Å²) in [5, 5.41) is 0. The molecule has 1 rings (SSSR count). The van der Waals surface area contributed by atoms with Crippen molar-refractivity contribution in [3.05, 3.63) is 0 Å². The van der Waals surface area contributed by atoms with Gasteiger partial charge in [0.25, 0.3) is 0 Å². The molecule has 1 aliphatic heterocycles. The first-order valence-electron chi connectivity index (χ1n) is 10.7. The Kier molecular flexibility index (Phi) is 13.8. The van der Waals surface area contributed by atoms with Gasteiger partial charge in [0.1, 0.15) is 0 Å². The Balaban J connectivity index is 1.94. The Morgan fingerprint density at radius 3 is 1.75 bits per heavy atom. The van der Waals surface area contributed by atoms with Crippen molar-refractivity contribution >= 4 is 0 Å². The second-order valence-electron chi connectivity index (χ2n) is 7.62. The van der Waals surface area contributed by atoms with Gasteiger partial charge in [0.05, 0.1) is 25.4 Å². The van der Waals surface area contributed by atoms with Gasteiger partial charge in [0, 0.05) is 0 Å². The van der Waals surface area contributed by atoms with Gasteiger partial charge < -0.3 is 15.2 Å². The van der Waals surface area contributed by atoms with Crippen LogP contribution in [0.3, 0.4) is 0 Å². The van der Waals surface area contributed by atoms with E-state index >= 15 is 0 Å². The number of ether oxygens (including phenoxy) is 2. The van der Waals surface area contributed by atoms with E-state index < -0.39 is 0 Å². The molecule has 0 aromatic carbocycles. The molecular weight excluding hydrogens is 298 g/mol. The highest BCUT2D eigenvalue weighted by Gasteiger charge is 2.32. The van der Waals surface area contributed by atoms with Crippen molar-refractivity contribution < 1.29 is 9.47 Å². The van der Waals surface area contributed by atoms with E-state index in [1.54, 1.807) is 0 Å². The summed E-state index contributed by atoms with van der Waals surface area (Å²) in [5.74, 6) is 0. The minimum Gasteiger partial charge on any atom is -0.376 e. The fraction of sp³-hybridized carbons (Fsp3) is 1.00. The van der Waals surface area contributed by atoms with E-state index in [0.29, 0.717) is 0 Å². The van der Waals surface area contributed by atoms with Crippen molar-refractivity contribution in [3.63, 3.8) is 0 Å². The van der Waals surface area contributed by atoms with E-state index in [1.165, 1.54) is 77.0 Å². The molecule has 1 atom stereocenters. The Bertz CT molecular complexity index is 265. The summed E-state index contributed by atoms with van der Waals surface area (Å²) in [4.78, 5) is 0. The average Bonchev–Trinajstić information content (AvgIpc) is 2.62. The second-order valence-corrected chi connectivity index (χ2v) is 7.62. The lowest BCUT2D eigenvalue weighted by Gasteiger charge is -2.37. The molecular formula is C21H43NO2. The fourth-order valence-corrected chi connectivity index (χ4v) is 3.74. The van der Waals surface area contributed by atoms with E-state index in [2.05, 4.69) is 6.92 Å². The van der Waals surface area contributed by atoms with Crippen LogP contribution in [0, 0.1) is 0 Å². The zero-order valence-corrected chi connectivity index (χ0v) is 16.3. The summed E-state index contributed by atoms with van der Waals surface area (Å²) in [6, 6.07) is 0. The van der Waals surface area contributed by atoms with Crippen LogP contribution in [0.1, 0.15) is 103 Å². The van der Waals surface area contributed by atoms with E-state index in [4.69, 9.17) is 15.2 Å². The molecule has 0 radical (unpaired) electrons. The van der Waals surface area contributed by atoms with Crippen LogP contribution in [0.15, 0.2) is 0 Å². The zero-order valence-electron chi connectivity index (χ0n) is 16.3. The number of nitrogens with two attached hydrogens (primary N) is 1. The summed E-state index contributed by atoms with van der Waals surface area (Å²) >= 11 is 0. The summed E-state index contributed by atoms with van der Waals surface area (Å²) in [6.07, 6.45) is 20.0. The molecule has 0 amide bonds. The SMILES string of the molecule is CCCCCCCCCCCCCCC1(CCCN)COCCO1. The third-order valence-electron chi connectivity index (χ3n) is 5.32. The van der Waals surface area contributed by atoms with E-state index in [-0.39, 0.29) is 5.60 Å². The van der Waals surface area contributed by atoms with Gasteiger partial charge in [-0.2, -0.15) is 0 Å². The Morgan fingerprint density at radius 1 is 0.708 bits per heavy atom. The molecule has 0 aromatic rings. The normalized spacial score (nSPS) is 21.2. The maximum absolute atomic E-state index is 6.09. The molecule has 0 aromatic heterocycles. The smallest absolute Gasteiger partial charge is 0.0916 e. The van der Waals surface area contributed by atoms with Gasteiger partial charge in [0.2, 0.25) is 0 Å². The lowest BCUT2D eigenvalue weighted by atomic mass is 9.90. The van der Waals surface area contributed by atoms with Crippen molar-refractivity contribution in [1.82, 2.24) is 0 Å². The third-order valence-corrected chi connectivity index (χ3v) is 5.32. The molecule has 1 unspecified atom stereocenters. The summed E-state index contributed by atoms with van der Waals surface area (Å²) in [5.41, 5.74) is 5.64. The van der Waals surface area contributed by atoms with E-state index in [1.807, 2.05) is 0 Å². The fourth-order valence-electron chi connectivity index (χ4n) is 3.74. The first kappa shape index (κ1) is 21.9. The molecule has 24 heavy (non-hydrogen) atoms. The maximum Gasteiger partial charge on any atom is 0.0916 e. The maximum atomic E-state index is 6.09. The minimum atomic E-state index is -0.0316. The van der Waals surface area contributed by atoms with Crippen LogP contribution in [0.25, 0.3) is 0 Å². The quantitative estimate of drug-likeness (QED) is 0.371. The minimum absolute atomic E-state index is 0.0316. The van der Waals surface area contributed by atoms with E-state index in [0.717, 1.165) is 45.6 Å². The second kappa shape index (κ2) is 15.2. The number of hydrogen-bond acceptors (Lipinski definition) is 3. The topological polar surface area (TPSA) is 44.5 Å². The van der Waals surface area contributed by atoms with Gasteiger partial charge in [-0.1, -0.05) is 84.0 Å². The van der Waals surface area contributed by atoms with Crippen molar-refractivity contribution in [1.29, 1.82) is 0 Å². The molecule has 3 heteroatoms. The predicted octanol–water partition coefficient (Wildman–Crippen LogP) is 5.60. The average molecular weight is 342 g/mol. The van der Waals surface area contributed by atoms with Gasteiger partial charge in [-0.3, -0.25) is 0 Å². The molecule has 1 saturated heterocycles. The molecule has 0 spiro atoms. The van der Waals surface area contributed by atoms with Crippen molar-refractivity contribution in [3.8, 4) is 0 Å². The zero-order chi connectivity index (χ0) is 17.3. The third kappa shape index (κ3) is 10.7. The lowest BCUT2D eigenvalue weighted by molar-refractivity contribution is -0.164. The largest absolute Gasteiger partial charge is 0.376 e. The number of hydrogen-bond donors (Lipinski definition) is 1. The van der Waals surface area contributed by atoms with Crippen molar-refractivity contribution in [2.45, 2.75) is 109 Å². The van der Waals surface area contributed by atoms with Crippen LogP contribution >= 0.6 is 0 Å². The Morgan fingerprint density at radius 2 is 1.25 bits per heavy atom. The van der Waals surface area contributed by atoms with Gasteiger partial charge in [-0.25, -0.2) is 0 Å². The highest BCUT2D eigenvalue weighted by molar-refractivity contribution is 4.83. The van der Waals surface area contributed by atoms with Crippen LogP contribution in [-0.4, -0.2) is 32.0 Å². The standard InChI is InChI=1S/C21H43NO2/c1-2-3-4-5-6-7-8-9-10-11-12-13-15-21(16-14-17-22)20-23-18-19-24-21/h2-20,22H2,1H3. The first-order chi connectivity index (χ1) is 11.8. The van der Waals surface area contributed by atoms with Crippen LogP contribution in [0.5, 0.6) is 0 Å². The first-order valence-corrected chi connectivity index (χ1v) is 10.7. The monoisotopic (exact) mass is 341 g/mol. The number of rotatable bonds is 16. The van der Waals surface area contributed by atoms with Crippen LogP contribution in [-0.2, 0) is 9.47 Å². The molecule has 1 heterocycles. The predicted molar refractivity (Wildman–Crippen MR) is 103 cm³/mol. The van der Waals surface area contributed by atoms with Gasteiger partial charge in [-0.15, -0.1) is 0 Å². The van der Waals surface area contributed by atoms with Crippen LogP contribution in [0.2, 0.25) is 0 Å². The van der Waals surface area contributed by atoms with E-state index in [9.17, 15) is 0 Å². The summed E-state index contributed by atoms with van der Waals surface area (Å²) in [7, 11) is 0. The van der Waals surface area contributed by atoms with Crippen LogP contribution in [0.4, 0.5) is 0 Å². The molecule has 3 nitrogen and oxygen atoms in total. The van der Waals surface area contributed by atoms with Crippen LogP contribution < -0.4 is 5.73 Å². The molecule has 1 aliphatic rings. The van der Waals surface area contributed by atoms with Gasteiger partial charge in [-0.05, 0) is 25.8 Å². The summed E-state index contributed by atoms with van der Waals surface area (Å²) in [6.45, 7) is 5.31. The molecule has 144 valence electrons. The van der Waals surface area contributed by atoms with Crippen molar-refractivity contribution in [2.24, 2.45) is 5.73 Å². The number of unbranched alkanes of at least 4 members (excludes halogenated alkanes) is 11. The van der Waals surface area contributed by atoms with Gasteiger partial charge >= 0.3 is 0 Å². The molecule has 2 N–H and O–H groups in total. The highest BCUT2D eigenvalue weighted by atomic mass is 16.6. The van der Waals surface area contributed by atoms with Gasteiger partial charge in [0.15, 0.2) is 0 Å². The molecule has 0 aliphatic carbocycles. The molecule has 0 saturated carbocycles. The molecule has 1 fully saturated rings. The van der Waals surface area contributed by atoms with Crippen molar-refractivity contribution in [2.75, 3.05) is 26.4 Å². The Hall–Kier alpha value is -0.120. The highest BCUT2D eigenvalue weighted by Crippen LogP contribution is 2.28. The Labute approximate surface area is 151 Å². The summed E-state index contributed by atoms with van der Waals surface area (Å²) < 4.78 is 11.8.